The van der Waals surface area contributed by atoms with E-state index in [0.717, 1.165) is 0 Å². The monoisotopic (exact) mass is 323 g/mol. The minimum Gasteiger partial charge on any atom is -0.380 e. The molecule has 126 valence electrons. The third-order valence-electron chi connectivity index (χ3n) is 3.53. The number of rotatable bonds is 6. The molecule has 2 N–H and O–H groups in total. The number of nitrogens with zero attached hydrogens (tertiary/aromatic N) is 3. The van der Waals surface area contributed by atoms with Crippen LogP contribution in [0, 0.1) is 5.92 Å². The van der Waals surface area contributed by atoms with Gasteiger partial charge in [-0.1, -0.05) is 13.8 Å². The summed E-state index contributed by atoms with van der Waals surface area (Å²) in [5, 5.41) is 2.57. The molecule has 2 heterocycles. The van der Waals surface area contributed by atoms with Crippen LogP contribution in [0.4, 0.5) is 5.95 Å². The molecule has 2 aromatic heterocycles. The van der Waals surface area contributed by atoms with Crippen molar-refractivity contribution in [2.75, 3.05) is 26.1 Å². The standard InChI is InChI=1S/C14H21N5O4/c1-8(2)11(20)17-13-16-10-9(12(21)18-13)15-7-19(10)14(3,23-5)6-22-4/h7-8H,6H2,1-5H3,(H2,16,17,18,20,21). The van der Waals surface area contributed by atoms with Crippen LogP contribution in [-0.4, -0.2) is 46.3 Å². The van der Waals surface area contributed by atoms with Gasteiger partial charge in [0.15, 0.2) is 16.9 Å². The van der Waals surface area contributed by atoms with Gasteiger partial charge in [-0.15, -0.1) is 0 Å². The number of hydrogen-bond donors (Lipinski definition) is 2. The van der Waals surface area contributed by atoms with E-state index >= 15 is 0 Å². The van der Waals surface area contributed by atoms with Gasteiger partial charge in [-0.05, 0) is 6.92 Å². The molecule has 0 bridgehead atoms. The Balaban J connectivity index is 2.55. The molecule has 0 aromatic carbocycles. The summed E-state index contributed by atoms with van der Waals surface area (Å²) in [5.74, 6) is -0.414. The summed E-state index contributed by atoms with van der Waals surface area (Å²) >= 11 is 0. The summed E-state index contributed by atoms with van der Waals surface area (Å²) in [6.07, 6.45) is 1.46. The second-order valence-corrected chi connectivity index (χ2v) is 5.66. The predicted molar refractivity (Wildman–Crippen MR) is 84.1 cm³/mol. The van der Waals surface area contributed by atoms with E-state index in [1.54, 1.807) is 32.4 Å². The third-order valence-corrected chi connectivity index (χ3v) is 3.53. The van der Waals surface area contributed by atoms with E-state index in [4.69, 9.17) is 9.47 Å². The summed E-state index contributed by atoms with van der Waals surface area (Å²) in [5.41, 5.74) is -0.867. The fourth-order valence-corrected chi connectivity index (χ4v) is 2.07. The summed E-state index contributed by atoms with van der Waals surface area (Å²) in [7, 11) is 3.07. The van der Waals surface area contributed by atoms with Crippen molar-refractivity contribution in [3.8, 4) is 0 Å². The first-order valence-electron chi connectivity index (χ1n) is 7.15. The van der Waals surface area contributed by atoms with Gasteiger partial charge in [-0.3, -0.25) is 24.5 Å². The lowest BCUT2D eigenvalue weighted by atomic mass is 10.2. The summed E-state index contributed by atoms with van der Waals surface area (Å²) in [6, 6.07) is 0. The summed E-state index contributed by atoms with van der Waals surface area (Å²) in [6.45, 7) is 5.51. The van der Waals surface area contributed by atoms with E-state index < -0.39 is 11.3 Å². The van der Waals surface area contributed by atoms with E-state index in [0.29, 0.717) is 5.65 Å². The molecule has 0 saturated carbocycles. The number of ether oxygens (including phenoxy) is 2. The molecule has 1 unspecified atom stereocenters. The van der Waals surface area contributed by atoms with Gasteiger partial charge in [0.25, 0.3) is 5.56 Å². The maximum Gasteiger partial charge on any atom is 0.280 e. The quantitative estimate of drug-likeness (QED) is 0.808. The van der Waals surface area contributed by atoms with Crippen molar-refractivity contribution in [2.45, 2.75) is 26.5 Å². The Morgan fingerprint density at radius 2 is 2.17 bits per heavy atom. The van der Waals surface area contributed by atoms with Crippen LogP contribution in [0.25, 0.3) is 11.2 Å². The largest absolute Gasteiger partial charge is 0.380 e. The van der Waals surface area contributed by atoms with E-state index in [1.165, 1.54) is 13.4 Å². The number of nitrogens with one attached hydrogen (secondary N) is 2. The Labute approximate surface area is 133 Å². The summed E-state index contributed by atoms with van der Waals surface area (Å²) < 4.78 is 12.3. The Morgan fingerprint density at radius 1 is 1.48 bits per heavy atom. The highest BCUT2D eigenvalue weighted by molar-refractivity contribution is 5.91. The lowest BCUT2D eigenvalue weighted by molar-refractivity contribution is -0.118. The van der Waals surface area contributed by atoms with Gasteiger partial charge in [0.05, 0.1) is 12.9 Å². The zero-order valence-electron chi connectivity index (χ0n) is 13.8. The van der Waals surface area contributed by atoms with Crippen molar-refractivity contribution in [2.24, 2.45) is 5.92 Å². The molecule has 1 atom stereocenters. The van der Waals surface area contributed by atoms with Crippen LogP contribution in [0.15, 0.2) is 11.1 Å². The lowest BCUT2D eigenvalue weighted by Crippen LogP contribution is -2.37. The molecule has 23 heavy (non-hydrogen) atoms. The average molecular weight is 323 g/mol. The Morgan fingerprint density at radius 3 is 2.74 bits per heavy atom. The molecule has 2 rings (SSSR count). The smallest absolute Gasteiger partial charge is 0.280 e. The van der Waals surface area contributed by atoms with Crippen LogP contribution in [0.2, 0.25) is 0 Å². The Bertz CT molecular complexity index is 766. The highest BCUT2D eigenvalue weighted by atomic mass is 16.5. The first-order valence-corrected chi connectivity index (χ1v) is 7.15. The van der Waals surface area contributed by atoms with E-state index in [-0.39, 0.29) is 29.9 Å². The normalized spacial score (nSPS) is 14.2. The number of methoxy groups -OCH3 is 2. The van der Waals surface area contributed by atoms with Crippen molar-refractivity contribution in [1.82, 2.24) is 19.5 Å². The van der Waals surface area contributed by atoms with Crippen LogP contribution in [0.5, 0.6) is 0 Å². The molecule has 2 aromatic rings. The molecular weight excluding hydrogens is 302 g/mol. The van der Waals surface area contributed by atoms with E-state index in [9.17, 15) is 9.59 Å². The van der Waals surface area contributed by atoms with Crippen LogP contribution in [-0.2, 0) is 20.0 Å². The highest BCUT2D eigenvalue weighted by Gasteiger charge is 2.29. The number of aromatic amines is 1. The number of amides is 1. The Hall–Kier alpha value is -2.26. The number of hydrogen-bond acceptors (Lipinski definition) is 6. The maximum atomic E-state index is 12.1. The molecule has 9 heteroatoms. The van der Waals surface area contributed by atoms with E-state index in [2.05, 4.69) is 20.3 Å². The molecule has 0 aliphatic heterocycles. The van der Waals surface area contributed by atoms with E-state index in [1.807, 2.05) is 0 Å². The highest BCUT2D eigenvalue weighted by Crippen LogP contribution is 2.22. The van der Waals surface area contributed by atoms with Gasteiger partial charge >= 0.3 is 0 Å². The zero-order chi connectivity index (χ0) is 17.2. The molecular formula is C14H21N5O4. The topological polar surface area (TPSA) is 111 Å². The molecule has 0 aliphatic carbocycles. The van der Waals surface area contributed by atoms with Crippen LogP contribution in [0.1, 0.15) is 20.8 Å². The maximum absolute atomic E-state index is 12.1. The molecule has 0 fully saturated rings. The predicted octanol–water partition coefficient (Wildman–Crippen LogP) is 0.680. The molecule has 9 nitrogen and oxygen atoms in total. The van der Waals surface area contributed by atoms with Gasteiger partial charge in [0.2, 0.25) is 11.9 Å². The molecule has 1 amide bonds. The molecule has 0 saturated heterocycles. The average Bonchev–Trinajstić information content (AvgIpc) is 2.92. The first-order chi connectivity index (χ1) is 10.8. The number of imidazole rings is 1. The van der Waals surface area contributed by atoms with Crippen LogP contribution in [0.3, 0.4) is 0 Å². The number of carbonyl (C=O) groups is 1. The SMILES string of the molecule is COCC(C)(OC)n1cnc2c(=O)[nH]c(NC(=O)C(C)C)nc21. The Kier molecular flexibility index (Phi) is 4.81. The van der Waals surface area contributed by atoms with Gasteiger partial charge in [-0.25, -0.2) is 4.98 Å². The second-order valence-electron chi connectivity index (χ2n) is 5.66. The van der Waals surface area contributed by atoms with Crippen LogP contribution >= 0.6 is 0 Å². The van der Waals surface area contributed by atoms with Gasteiger partial charge in [0, 0.05) is 20.1 Å². The summed E-state index contributed by atoms with van der Waals surface area (Å²) in [4.78, 5) is 34.8. The lowest BCUT2D eigenvalue weighted by Gasteiger charge is -2.28. The number of anilines is 1. The number of H-pyrrole nitrogens is 1. The van der Waals surface area contributed by atoms with Crippen molar-refractivity contribution < 1.29 is 14.3 Å². The second kappa shape index (κ2) is 6.47. The minimum absolute atomic E-state index is 0.0684. The van der Waals surface area contributed by atoms with Crippen molar-refractivity contribution in [1.29, 1.82) is 0 Å². The van der Waals surface area contributed by atoms with Crippen molar-refractivity contribution in [3.63, 3.8) is 0 Å². The third kappa shape index (κ3) is 3.25. The molecule has 0 spiro atoms. The number of aromatic nitrogens is 4. The fraction of sp³-hybridized carbons (Fsp3) is 0.571. The van der Waals surface area contributed by atoms with Gasteiger partial charge < -0.3 is 9.47 Å². The van der Waals surface area contributed by atoms with Crippen LogP contribution < -0.4 is 10.9 Å². The van der Waals surface area contributed by atoms with Crippen molar-refractivity contribution >= 4 is 23.0 Å². The first kappa shape index (κ1) is 17.1. The number of carbonyl (C=O) groups excluding carboxylic acids is 1. The zero-order valence-corrected chi connectivity index (χ0v) is 13.8. The van der Waals surface area contributed by atoms with Gasteiger partial charge in [-0.2, -0.15) is 4.98 Å². The minimum atomic E-state index is -0.885. The number of fused-ring (bicyclic) bond motifs is 1. The molecule has 0 radical (unpaired) electrons. The molecule has 0 aliphatic rings. The van der Waals surface area contributed by atoms with Crippen molar-refractivity contribution in [3.05, 3.63) is 16.7 Å². The fourth-order valence-electron chi connectivity index (χ4n) is 2.07. The van der Waals surface area contributed by atoms with Gasteiger partial charge in [0.1, 0.15) is 0 Å².